The third kappa shape index (κ3) is 1.98. The highest BCUT2D eigenvalue weighted by Crippen LogP contribution is 2.22. The van der Waals surface area contributed by atoms with Crippen LogP contribution in [0.1, 0.15) is 11.5 Å². The summed E-state index contributed by atoms with van der Waals surface area (Å²) in [5, 5.41) is 1.05. The second kappa shape index (κ2) is 4.44. The molecule has 4 nitrogen and oxygen atoms in total. The zero-order valence-corrected chi connectivity index (χ0v) is 11.2. The van der Waals surface area contributed by atoms with Crippen molar-refractivity contribution >= 4 is 28.1 Å². The summed E-state index contributed by atoms with van der Waals surface area (Å²) in [6, 6.07) is 9.98. The molecule has 94 valence electrons. The summed E-state index contributed by atoms with van der Waals surface area (Å²) in [5.74, 6) is 0.589. The first-order chi connectivity index (χ1) is 9.16. The van der Waals surface area contributed by atoms with Crippen LogP contribution < -0.4 is 5.73 Å². The standard InChI is InChI=1S/C14H12N4S/c1-9-8-12(10-4-2-3-5-11(10)17-9)18-7-6-16-14(18)13(15)19/h2-8H,1H3,(H2,15,19). The van der Waals surface area contributed by atoms with Gasteiger partial charge in [-0.25, -0.2) is 4.98 Å². The van der Waals surface area contributed by atoms with E-state index < -0.39 is 0 Å². The molecular weight excluding hydrogens is 256 g/mol. The predicted octanol–water partition coefficient (Wildman–Crippen LogP) is 2.36. The van der Waals surface area contributed by atoms with Crippen molar-refractivity contribution < 1.29 is 0 Å². The Morgan fingerprint density at radius 2 is 2.11 bits per heavy atom. The maximum atomic E-state index is 5.71. The number of hydrogen-bond acceptors (Lipinski definition) is 3. The number of aromatic nitrogens is 3. The predicted molar refractivity (Wildman–Crippen MR) is 79.5 cm³/mol. The summed E-state index contributed by atoms with van der Waals surface area (Å²) in [7, 11) is 0. The molecule has 0 spiro atoms. The van der Waals surface area contributed by atoms with Crippen LogP contribution in [0.25, 0.3) is 16.6 Å². The lowest BCUT2D eigenvalue weighted by atomic mass is 10.1. The Balaban J connectivity index is 2.36. The largest absolute Gasteiger partial charge is 0.387 e. The molecule has 0 radical (unpaired) electrons. The second-order valence-corrected chi connectivity index (χ2v) is 4.72. The first-order valence-corrected chi connectivity index (χ1v) is 6.27. The Morgan fingerprint density at radius 3 is 2.89 bits per heavy atom. The van der Waals surface area contributed by atoms with Crippen molar-refractivity contribution in [2.24, 2.45) is 5.73 Å². The lowest BCUT2D eigenvalue weighted by molar-refractivity contribution is 1.03. The van der Waals surface area contributed by atoms with E-state index in [1.165, 1.54) is 0 Å². The number of benzene rings is 1. The minimum Gasteiger partial charge on any atom is -0.387 e. The van der Waals surface area contributed by atoms with Gasteiger partial charge in [-0.05, 0) is 19.1 Å². The number of hydrogen-bond donors (Lipinski definition) is 1. The molecule has 0 bridgehead atoms. The summed E-state index contributed by atoms with van der Waals surface area (Å²) < 4.78 is 1.90. The molecule has 2 N–H and O–H groups in total. The van der Waals surface area contributed by atoms with E-state index in [2.05, 4.69) is 9.97 Å². The Morgan fingerprint density at radius 1 is 1.32 bits per heavy atom. The zero-order valence-electron chi connectivity index (χ0n) is 10.4. The van der Waals surface area contributed by atoms with Gasteiger partial charge in [0, 0.05) is 23.5 Å². The third-order valence-electron chi connectivity index (χ3n) is 2.94. The van der Waals surface area contributed by atoms with E-state index in [1.807, 2.05) is 48.0 Å². The molecular formula is C14H12N4S. The molecule has 1 aromatic carbocycles. The molecule has 0 aliphatic rings. The SMILES string of the molecule is Cc1cc(-n2ccnc2C(N)=S)c2ccccc2n1. The molecule has 0 fully saturated rings. The molecule has 2 heterocycles. The van der Waals surface area contributed by atoms with Crippen LogP contribution in [0.3, 0.4) is 0 Å². The number of thiocarbonyl (C=S) groups is 1. The molecule has 0 saturated carbocycles. The second-order valence-electron chi connectivity index (χ2n) is 4.29. The van der Waals surface area contributed by atoms with Crippen LogP contribution in [0, 0.1) is 6.92 Å². The van der Waals surface area contributed by atoms with Crippen molar-refractivity contribution in [2.45, 2.75) is 6.92 Å². The minimum atomic E-state index is 0.281. The first-order valence-electron chi connectivity index (χ1n) is 5.87. The molecule has 0 unspecified atom stereocenters. The Labute approximate surface area is 115 Å². The normalized spacial score (nSPS) is 10.8. The number of pyridine rings is 1. The Bertz CT molecular complexity index is 776. The van der Waals surface area contributed by atoms with E-state index in [0.717, 1.165) is 22.3 Å². The lowest BCUT2D eigenvalue weighted by Gasteiger charge is -2.11. The number of nitrogens with two attached hydrogens (primary N) is 1. The topological polar surface area (TPSA) is 56.7 Å². The van der Waals surface area contributed by atoms with Gasteiger partial charge >= 0.3 is 0 Å². The van der Waals surface area contributed by atoms with Gasteiger partial charge in [0.25, 0.3) is 0 Å². The average Bonchev–Trinajstić information content (AvgIpc) is 2.86. The van der Waals surface area contributed by atoms with Gasteiger partial charge in [0.15, 0.2) is 5.82 Å². The zero-order chi connectivity index (χ0) is 13.4. The summed E-state index contributed by atoms with van der Waals surface area (Å²) in [4.78, 5) is 9.01. The van der Waals surface area contributed by atoms with Crippen LogP contribution in [0.15, 0.2) is 42.7 Å². The number of rotatable bonds is 2. The molecule has 0 saturated heterocycles. The van der Waals surface area contributed by atoms with Gasteiger partial charge in [0.2, 0.25) is 0 Å². The van der Waals surface area contributed by atoms with Crippen molar-refractivity contribution in [3.05, 3.63) is 54.2 Å². The van der Waals surface area contributed by atoms with Crippen molar-refractivity contribution in [2.75, 3.05) is 0 Å². The van der Waals surface area contributed by atoms with Gasteiger partial charge in [-0.1, -0.05) is 30.4 Å². The lowest BCUT2D eigenvalue weighted by Crippen LogP contribution is -2.16. The monoisotopic (exact) mass is 268 g/mol. The Kier molecular flexibility index (Phi) is 2.76. The summed E-state index contributed by atoms with van der Waals surface area (Å²) in [6.45, 7) is 1.97. The molecule has 2 aromatic heterocycles. The number of aryl methyl sites for hydroxylation is 1. The average molecular weight is 268 g/mol. The Hall–Kier alpha value is -2.27. The highest BCUT2D eigenvalue weighted by molar-refractivity contribution is 7.80. The van der Waals surface area contributed by atoms with E-state index >= 15 is 0 Å². The summed E-state index contributed by atoms with van der Waals surface area (Å²) in [5.41, 5.74) is 8.59. The van der Waals surface area contributed by atoms with Gasteiger partial charge in [0.05, 0.1) is 11.2 Å². The van der Waals surface area contributed by atoms with Gasteiger partial charge in [-0.2, -0.15) is 0 Å². The van der Waals surface area contributed by atoms with Gasteiger partial charge in [-0.3, -0.25) is 9.55 Å². The molecule has 0 aliphatic carbocycles. The van der Waals surface area contributed by atoms with Crippen molar-refractivity contribution in [3.8, 4) is 5.69 Å². The maximum absolute atomic E-state index is 5.71. The maximum Gasteiger partial charge on any atom is 0.172 e. The quantitative estimate of drug-likeness (QED) is 0.725. The molecule has 3 rings (SSSR count). The fraction of sp³-hybridized carbons (Fsp3) is 0.0714. The van der Waals surface area contributed by atoms with E-state index in [-0.39, 0.29) is 4.99 Å². The van der Waals surface area contributed by atoms with E-state index in [0.29, 0.717) is 5.82 Å². The fourth-order valence-electron chi connectivity index (χ4n) is 2.17. The highest BCUT2D eigenvalue weighted by atomic mass is 32.1. The minimum absolute atomic E-state index is 0.281. The van der Waals surface area contributed by atoms with Crippen molar-refractivity contribution in [1.29, 1.82) is 0 Å². The van der Waals surface area contributed by atoms with Crippen LogP contribution in [-0.4, -0.2) is 19.5 Å². The van der Waals surface area contributed by atoms with Crippen LogP contribution >= 0.6 is 12.2 Å². The molecule has 19 heavy (non-hydrogen) atoms. The molecule has 0 amide bonds. The highest BCUT2D eigenvalue weighted by Gasteiger charge is 2.11. The van der Waals surface area contributed by atoms with Crippen LogP contribution in [0.5, 0.6) is 0 Å². The van der Waals surface area contributed by atoms with Crippen molar-refractivity contribution in [3.63, 3.8) is 0 Å². The van der Waals surface area contributed by atoms with Gasteiger partial charge in [0.1, 0.15) is 4.99 Å². The number of para-hydroxylation sites is 1. The number of fused-ring (bicyclic) bond motifs is 1. The molecule has 5 heteroatoms. The van der Waals surface area contributed by atoms with E-state index in [9.17, 15) is 0 Å². The van der Waals surface area contributed by atoms with Crippen LogP contribution in [0.4, 0.5) is 0 Å². The third-order valence-corrected chi connectivity index (χ3v) is 3.13. The van der Waals surface area contributed by atoms with Crippen LogP contribution in [-0.2, 0) is 0 Å². The van der Waals surface area contributed by atoms with Gasteiger partial charge < -0.3 is 5.73 Å². The molecule has 0 atom stereocenters. The molecule has 3 aromatic rings. The molecule has 0 aliphatic heterocycles. The smallest absolute Gasteiger partial charge is 0.172 e. The van der Waals surface area contributed by atoms with Crippen LogP contribution in [0.2, 0.25) is 0 Å². The number of nitrogens with zero attached hydrogens (tertiary/aromatic N) is 3. The number of imidazole rings is 1. The van der Waals surface area contributed by atoms with E-state index in [1.54, 1.807) is 6.20 Å². The summed E-state index contributed by atoms with van der Waals surface area (Å²) >= 11 is 5.04. The summed E-state index contributed by atoms with van der Waals surface area (Å²) in [6.07, 6.45) is 3.55. The fourth-order valence-corrected chi connectivity index (χ4v) is 2.32. The first kappa shape index (κ1) is 11.8. The van der Waals surface area contributed by atoms with Gasteiger partial charge in [-0.15, -0.1) is 0 Å². The van der Waals surface area contributed by atoms with Crippen molar-refractivity contribution in [1.82, 2.24) is 14.5 Å². The van der Waals surface area contributed by atoms with E-state index in [4.69, 9.17) is 18.0 Å².